The molecular weight excluding hydrogens is 606 g/mol. The first-order chi connectivity index (χ1) is 21.8. The number of benzene rings is 2. The molecule has 0 aliphatic carbocycles. The van der Waals surface area contributed by atoms with Gasteiger partial charge in [0.25, 0.3) is 5.91 Å². The van der Waals surface area contributed by atoms with Crippen LogP contribution < -0.4 is 15.4 Å². The van der Waals surface area contributed by atoms with Crippen LogP contribution in [0.4, 0.5) is 0 Å². The van der Waals surface area contributed by atoms with Crippen molar-refractivity contribution < 1.29 is 23.9 Å². The van der Waals surface area contributed by atoms with Crippen molar-refractivity contribution in [2.75, 3.05) is 20.3 Å². The Balaban J connectivity index is 1.60. The van der Waals surface area contributed by atoms with Gasteiger partial charge in [-0.25, -0.2) is 4.79 Å². The van der Waals surface area contributed by atoms with Crippen LogP contribution in [0.25, 0.3) is 22.0 Å². The monoisotopic (exact) mass is 649 g/mol. The van der Waals surface area contributed by atoms with Crippen LogP contribution in [0.5, 0.6) is 5.75 Å². The summed E-state index contributed by atoms with van der Waals surface area (Å²) in [6.07, 6.45) is 1.61. The second kappa shape index (κ2) is 14.9. The standard InChI is InChI=1S/C35H44ClN5O5/c1-19(2)15-28(35(44)45-8)38-29(42)18-37-34(43)33-26(13-10-14-46-24-16-20(3)31(36)21(4)17-24)25-11-9-12-27(32(25)39-33)30-22(5)40-41(7)23(30)6/h9,11-12,16-17,19,28,39H,10,13-15,18H2,1-8H3,(H,37,43)(H,38,42). The van der Waals surface area contributed by atoms with Crippen molar-refractivity contribution in [3.05, 3.63) is 69.1 Å². The van der Waals surface area contributed by atoms with Crippen molar-refractivity contribution in [2.24, 2.45) is 13.0 Å². The molecule has 10 nitrogen and oxygen atoms in total. The molecule has 0 spiro atoms. The smallest absolute Gasteiger partial charge is 0.328 e. The molecule has 0 radical (unpaired) electrons. The van der Waals surface area contributed by atoms with Crippen LogP contribution >= 0.6 is 11.6 Å². The van der Waals surface area contributed by atoms with E-state index in [2.05, 4.69) is 20.7 Å². The van der Waals surface area contributed by atoms with Crippen molar-refractivity contribution in [1.29, 1.82) is 0 Å². The van der Waals surface area contributed by atoms with Gasteiger partial charge in [0.2, 0.25) is 5.91 Å². The van der Waals surface area contributed by atoms with E-state index in [-0.39, 0.29) is 12.5 Å². The molecule has 3 N–H and O–H groups in total. The number of nitrogens with zero attached hydrogens (tertiary/aromatic N) is 2. The molecule has 0 aliphatic rings. The first-order valence-electron chi connectivity index (χ1n) is 15.5. The molecule has 2 heterocycles. The average molecular weight is 650 g/mol. The molecule has 0 saturated heterocycles. The van der Waals surface area contributed by atoms with Gasteiger partial charge in [-0.15, -0.1) is 0 Å². The maximum atomic E-state index is 13.7. The fourth-order valence-electron chi connectivity index (χ4n) is 5.85. The molecule has 0 aliphatic heterocycles. The van der Waals surface area contributed by atoms with E-state index in [0.29, 0.717) is 31.6 Å². The van der Waals surface area contributed by atoms with Gasteiger partial charge in [0.15, 0.2) is 0 Å². The van der Waals surface area contributed by atoms with Crippen LogP contribution in [0.15, 0.2) is 30.3 Å². The summed E-state index contributed by atoms with van der Waals surface area (Å²) < 4.78 is 12.8. The van der Waals surface area contributed by atoms with Crippen LogP contribution in [0.3, 0.4) is 0 Å². The van der Waals surface area contributed by atoms with E-state index in [1.54, 1.807) is 0 Å². The zero-order valence-corrected chi connectivity index (χ0v) is 28.6. The Morgan fingerprint density at radius 2 is 1.78 bits per heavy atom. The number of halogens is 1. The number of aromatic amines is 1. The summed E-state index contributed by atoms with van der Waals surface area (Å²) in [4.78, 5) is 42.0. The van der Waals surface area contributed by atoms with Crippen LogP contribution in [0, 0.1) is 33.6 Å². The van der Waals surface area contributed by atoms with Crippen molar-refractivity contribution in [3.8, 4) is 16.9 Å². The Morgan fingerprint density at radius 3 is 2.39 bits per heavy atom. The number of para-hydroxylation sites is 1. The highest BCUT2D eigenvalue weighted by Gasteiger charge is 2.25. The number of H-pyrrole nitrogens is 1. The maximum Gasteiger partial charge on any atom is 0.328 e. The summed E-state index contributed by atoms with van der Waals surface area (Å²) in [5, 5.41) is 11.7. The lowest BCUT2D eigenvalue weighted by Crippen LogP contribution is -2.46. The zero-order chi connectivity index (χ0) is 33.7. The van der Waals surface area contributed by atoms with Crippen LogP contribution in [0.1, 0.15) is 65.3 Å². The zero-order valence-electron chi connectivity index (χ0n) is 27.9. The summed E-state index contributed by atoms with van der Waals surface area (Å²) in [5.41, 5.74) is 7.76. The Morgan fingerprint density at radius 1 is 1.09 bits per heavy atom. The third kappa shape index (κ3) is 7.73. The van der Waals surface area contributed by atoms with E-state index in [1.807, 2.05) is 83.6 Å². The van der Waals surface area contributed by atoms with Gasteiger partial charge in [-0.3, -0.25) is 14.3 Å². The Hall–Kier alpha value is -4.31. The second-order valence-electron chi connectivity index (χ2n) is 12.2. The molecular formula is C35H44ClN5O5. The Bertz CT molecular complexity index is 1730. The minimum Gasteiger partial charge on any atom is -0.494 e. The Labute approximate surface area is 275 Å². The van der Waals surface area contributed by atoms with Gasteiger partial charge in [0.05, 0.1) is 31.5 Å². The van der Waals surface area contributed by atoms with E-state index in [1.165, 1.54) is 7.11 Å². The number of carbonyl (C=O) groups is 3. The van der Waals surface area contributed by atoms with E-state index in [0.717, 1.165) is 60.9 Å². The molecule has 0 bridgehead atoms. The normalized spacial score (nSPS) is 12.0. The summed E-state index contributed by atoms with van der Waals surface area (Å²) in [7, 11) is 3.19. The number of rotatable bonds is 13. The highest BCUT2D eigenvalue weighted by atomic mass is 35.5. The quantitative estimate of drug-likeness (QED) is 0.122. The molecule has 4 rings (SSSR count). The molecule has 1 unspecified atom stereocenters. The second-order valence-corrected chi connectivity index (χ2v) is 12.5. The lowest BCUT2D eigenvalue weighted by molar-refractivity contribution is -0.145. The first kappa shape index (κ1) is 34.6. The first-order valence-corrected chi connectivity index (χ1v) is 15.9. The van der Waals surface area contributed by atoms with Crippen LogP contribution in [-0.4, -0.2) is 58.9 Å². The van der Waals surface area contributed by atoms with Gasteiger partial charge in [0, 0.05) is 34.3 Å². The minimum atomic E-state index is -0.792. The lowest BCUT2D eigenvalue weighted by atomic mass is 9.98. The average Bonchev–Trinajstić information content (AvgIpc) is 3.50. The largest absolute Gasteiger partial charge is 0.494 e. The third-order valence-electron chi connectivity index (χ3n) is 8.13. The number of esters is 1. The van der Waals surface area contributed by atoms with Crippen molar-refractivity contribution in [1.82, 2.24) is 25.4 Å². The van der Waals surface area contributed by atoms with Crippen LogP contribution in [-0.2, 0) is 27.8 Å². The van der Waals surface area contributed by atoms with Crippen molar-refractivity contribution in [3.63, 3.8) is 0 Å². The number of methoxy groups -OCH3 is 1. The number of aromatic nitrogens is 3. The number of carbonyl (C=O) groups excluding carboxylic acids is 3. The SMILES string of the molecule is COC(=O)C(CC(C)C)NC(=O)CNC(=O)c1[nH]c2c(-c3c(C)nn(C)c3C)cccc2c1CCCOc1cc(C)c(Cl)c(C)c1. The number of hydrogen-bond donors (Lipinski definition) is 3. The molecule has 2 amide bonds. The molecule has 11 heteroatoms. The number of amides is 2. The maximum absolute atomic E-state index is 13.7. The fourth-order valence-corrected chi connectivity index (χ4v) is 5.96. The van der Waals surface area contributed by atoms with Crippen molar-refractivity contribution >= 4 is 40.3 Å². The lowest BCUT2D eigenvalue weighted by Gasteiger charge is -2.18. The Kier molecular flexibility index (Phi) is 11.2. The van der Waals surface area contributed by atoms with Gasteiger partial charge in [-0.1, -0.05) is 43.6 Å². The predicted octanol–water partition coefficient (Wildman–Crippen LogP) is 5.90. The van der Waals surface area contributed by atoms with Gasteiger partial charge >= 0.3 is 5.97 Å². The minimum absolute atomic E-state index is 0.158. The van der Waals surface area contributed by atoms with Gasteiger partial charge < -0.3 is 25.1 Å². The highest BCUT2D eigenvalue weighted by molar-refractivity contribution is 6.32. The topological polar surface area (TPSA) is 127 Å². The van der Waals surface area contributed by atoms with Crippen molar-refractivity contribution in [2.45, 2.75) is 66.8 Å². The van der Waals surface area contributed by atoms with E-state index in [9.17, 15) is 14.4 Å². The molecule has 0 saturated carbocycles. The molecule has 4 aromatic rings. The van der Waals surface area contributed by atoms with Gasteiger partial charge in [0.1, 0.15) is 17.5 Å². The van der Waals surface area contributed by atoms with E-state index in [4.69, 9.17) is 21.1 Å². The molecule has 46 heavy (non-hydrogen) atoms. The molecule has 0 fully saturated rings. The molecule has 246 valence electrons. The predicted molar refractivity (Wildman–Crippen MR) is 180 cm³/mol. The molecule has 2 aromatic carbocycles. The molecule has 1 atom stereocenters. The highest BCUT2D eigenvalue weighted by Crippen LogP contribution is 2.35. The molecule has 2 aromatic heterocycles. The van der Waals surface area contributed by atoms with Gasteiger partial charge in [-0.05, 0) is 81.7 Å². The summed E-state index contributed by atoms with van der Waals surface area (Å²) >= 11 is 6.32. The summed E-state index contributed by atoms with van der Waals surface area (Å²) in [6, 6.07) is 9.04. The number of aryl methyl sites for hydroxylation is 5. The van der Waals surface area contributed by atoms with E-state index < -0.39 is 23.8 Å². The van der Waals surface area contributed by atoms with Crippen LogP contribution in [0.2, 0.25) is 5.02 Å². The summed E-state index contributed by atoms with van der Waals surface area (Å²) in [6.45, 7) is 11.9. The number of fused-ring (bicyclic) bond motifs is 1. The van der Waals surface area contributed by atoms with Gasteiger partial charge in [-0.2, -0.15) is 5.10 Å². The number of ether oxygens (including phenoxy) is 2. The number of hydrogen-bond acceptors (Lipinski definition) is 6. The third-order valence-corrected chi connectivity index (χ3v) is 8.73. The number of nitrogens with one attached hydrogen (secondary N) is 3. The summed E-state index contributed by atoms with van der Waals surface area (Å²) in [5.74, 6) is -0.520. The fraction of sp³-hybridized carbons (Fsp3) is 0.429. The van der Waals surface area contributed by atoms with E-state index >= 15 is 0 Å².